The molecule has 0 bridgehead atoms. The van der Waals surface area contributed by atoms with E-state index in [1.54, 1.807) is 0 Å². The molecule has 2 aromatic carbocycles. The van der Waals surface area contributed by atoms with E-state index >= 15 is 0 Å². The Morgan fingerprint density at radius 2 is 1.59 bits per heavy atom. The normalized spacial score (nSPS) is 11.5. The van der Waals surface area contributed by atoms with E-state index in [2.05, 4.69) is 29.0 Å². The standard InChI is InChI=1S/C17H19Cl2N3O3S.Na/c1-4-22(5-2)12-6-7-15(11(3)8-12)20-21-16-9-14(19)17(10-13(16)18)26(23,24)25;/h6-10H,4-5H2,1-3H3,(H,23,24,25);/q;+1/p-1. The molecule has 140 valence electrons. The quantitative estimate of drug-likeness (QED) is 0.394. The smallest absolute Gasteiger partial charge is 0.744 e. The van der Waals surface area contributed by atoms with Crippen LogP contribution in [0.25, 0.3) is 0 Å². The van der Waals surface area contributed by atoms with Gasteiger partial charge in [0.15, 0.2) is 0 Å². The van der Waals surface area contributed by atoms with Gasteiger partial charge in [0, 0.05) is 18.8 Å². The Hall–Kier alpha value is -0.670. The van der Waals surface area contributed by atoms with E-state index in [-0.39, 0.29) is 45.3 Å². The van der Waals surface area contributed by atoms with Crippen molar-refractivity contribution in [2.45, 2.75) is 25.7 Å². The molecule has 0 saturated carbocycles. The van der Waals surface area contributed by atoms with Crippen molar-refractivity contribution < 1.29 is 42.5 Å². The van der Waals surface area contributed by atoms with Crippen LogP contribution in [-0.2, 0) is 10.1 Å². The molecule has 27 heavy (non-hydrogen) atoms. The van der Waals surface area contributed by atoms with Gasteiger partial charge in [-0.2, -0.15) is 5.11 Å². The number of hydrogen-bond acceptors (Lipinski definition) is 6. The van der Waals surface area contributed by atoms with Crippen LogP contribution in [0.4, 0.5) is 17.1 Å². The zero-order valence-electron chi connectivity index (χ0n) is 15.5. The van der Waals surface area contributed by atoms with Crippen LogP contribution >= 0.6 is 23.2 Å². The van der Waals surface area contributed by atoms with E-state index in [1.165, 1.54) is 6.07 Å². The van der Waals surface area contributed by atoms with Gasteiger partial charge in [0.1, 0.15) is 15.8 Å². The van der Waals surface area contributed by atoms with Crippen LogP contribution in [0.3, 0.4) is 0 Å². The molecule has 0 atom stereocenters. The molecule has 0 aromatic heterocycles. The summed E-state index contributed by atoms with van der Waals surface area (Å²) in [7, 11) is -4.71. The summed E-state index contributed by atoms with van der Waals surface area (Å²) in [4.78, 5) is 1.63. The molecule has 0 aliphatic rings. The number of hydrogen-bond donors (Lipinski definition) is 0. The van der Waals surface area contributed by atoms with Gasteiger partial charge in [-0.1, -0.05) is 23.2 Å². The number of nitrogens with zero attached hydrogens (tertiary/aromatic N) is 3. The van der Waals surface area contributed by atoms with E-state index in [0.717, 1.165) is 30.4 Å². The summed E-state index contributed by atoms with van der Waals surface area (Å²) in [6.07, 6.45) is 0. The van der Waals surface area contributed by atoms with Gasteiger partial charge in [0.25, 0.3) is 0 Å². The third-order valence-electron chi connectivity index (χ3n) is 3.85. The Kier molecular flexibility index (Phi) is 9.21. The second-order valence-electron chi connectivity index (χ2n) is 5.53. The van der Waals surface area contributed by atoms with E-state index in [4.69, 9.17) is 23.2 Å². The molecule has 0 aliphatic heterocycles. The fourth-order valence-corrected chi connectivity index (χ4v) is 3.70. The molecule has 2 aromatic rings. The zero-order chi connectivity index (χ0) is 19.5. The second kappa shape index (κ2) is 10.2. The van der Waals surface area contributed by atoms with Crippen molar-refractivity contribution in [2.75, 3.05) is 18.0 Å². The van der Waals surface area contributed by atoms with Crippen LogP contribution in [0.15, 0.2) is 45.5 Å². The van der Waals surface area contributed by atoms with E-state index in [0.29, 0.717) is 5.69 Å². The summed E-state index contributed by atoms with van der Waals surface area (Å²) in [5, 5.41) is 7.92. The Morgan fingerprint density at radius 3 is 2.11 bits per heavy atom. The third-order valence-corrected chi connectivity index (χ3v) is 5.45. The van der Waals surface area contributed by atoms with Gasteiger partial charge in [0.05, 0.1) is 20.6 Å². The van der Waals surface area contributed by atoms with Crippen molar-refractivity contribution in [3.8, 4) is 0 Å². The van der Waals surface area contributed by atoms with Crippen LogP contribution in [0, 0.1) is 6.92 Å². The van der Waals surface area contributed by atoms with Gasteiger partial charge < -0.3 is 9.45 Å². The van der Waals surface area contributed by atoms with Crippen LogP contribution in [0.5, 0.6) is 0 Å². The minimum atomic E-state index is -4.71. The average molecular weight is 438 g/mol. The Balaban J connectivity index is 0.00000364. The first-order chi connectivity index (χ1) is 12.2. The number of azo groups is 1. The minimum Gasteiger partial charge on any atom is -0.744 e. The molecule has 0 unspecified atom stereocenters. The fourth-order valence-electron chi connectivity index (χ4n) is 2.43. The molecule has 6 nitrogen and oxygen atoms in total. The molecule has 0 fully saturated rings. The van der Waals surface area contributed by atoms with Gasteiger partial charge in [-0.3, -0.25) is 0 Å². The first-order valence-corrected chi connectivity index (χ1v) is 10.1. The van der Waals surface area contributed by atoms with Crippen molar-refractivity contribution in [3.63, 3.8) is 0 Å². The van der Waals surface area contributed by atoms with E-state index in [9.17, 15) is 13.0 Å². The van der Waals surface area contributed by atoms with Crippen LogP contribution < -0.4 is 34.5 Å². The van der Waals surface area contributed by atoms with Gasteiger partial charge >= 0.3 is 29.6 Å². The average Bonchev–Trinajstić information content (AvgIpc) is 2.56. The number of aryl methyl sites for hydroxylation is 1. The predicted octanol–water partition coefficient (Wildman–Crippen LogP) is 2.47. The minimum absolute atomic E-state index is 0. The molecular formula is C17H18Cl2N3NaO3S. The number of halogens is 2. The molecule has 0 N–H and O–H groups in total. The molecule has 0 spiro atoms. The Morgan fingerprint density at radius 1 is 1.00 bits per heavy atom. The maximum absolute atomic E-state index is 11.1. The molecule has 2 rings (SSSR count). The number of benzene rings is 2. The summed E-state index contributed by atoms with van der Waals surface area (Å²) >= 11 is 11.8. The molecular weight excluding hydrogens is 420 g/mol. The summed E-state index contributed by atoms with van der Waals surface area (Å²) < 4.78 is 33.4. The molecule has 0 aliphatic carbocycles. The summed E-state index contributed by atoms with van der Waals surface area (Å²) in [6.45, 7) is 7.90. The Bertz CT molecular complexity index is 949. The van der Waals surface area contributed by atoms with Crippen LogP contribution in [0.2, 0.25) is 10.0 Å². The molecule has 0 saturated heterocycles. The van der Waals surface area contributed by atoms with Crippen LogP contribution in [0.1, 0.15) is 19.4 Å². The SMILES string of the molecule is CCN(CC)c1ccc(N=Nc2cc(Cl)c(S(=O)(=O)[O-])cc2Cl)c(C)c1.[Na+]. The predicted molar refractivity (Wildman–Crippen MR) is 103 cm³/mol. The number of anilines is 1. The van der Waals surface area contributed by atoms with E-state index < -0.39 is 15.0 Å². The maximum atomic E-state index is 11.1. The third kappa shape index (κ3) is 6.15. The summed E-state index contributed by atoms with van der Waals surface area (Å²) in [5.74, 6) is 0. The topological polar surface area (TPSA) is 85.2 Å². The van der Waals surface area contributed by atoms with Gasteiger partial charge in [-0.05, 0) is 56.7 Å². The molecule has 10 heteroatoms. The first kappa shape index (κ1) is 24.4. The van der Waals surface area contributed by atoms with Crippen molar-refractivity contribution in [3.05, 3.63) is 45.9 Å². The number of rotatable bonds is 6. The van der Waals surface area contributed by atoms with Crippen LogP contribution in [-0.4, -0.2) is 26.1 Å². The summed E-state index contributed by atoms with van der Waals surface area (Å²) in [6, 6.07) is 8.01. The van der Waals surface area contributed by atoms with E-state index in [1.807, 2.05) is 25.1 Å². The maximum Gasteiger partial charge on any atom is 1.00 e. The monoisotopic (exact) mass is 437 g/mol. The molecule has 0 heterocycles. The van der Waals surface area contributed by atoms with Crippen molar-refractivity contribution >= 4 is 50.4 Å². The van der Waals surface area contributed by atoms with Gasteiger partial charge in [-0.25, -0.2) is 8.42 Å². The van der Waals surface area contributed by atoms with Crippen molar-refractivity contribution in [1.29, 1.82) is 0 Å². The second-order valence-corrected chi connectivity index (χ2v) is 7.69. The molecule has 0 radical (unpaired) electrons. The van der Waals surface area contributed by atoms with Gasteiger partial charge in [0.2, 0.25) is 0 Å². The Labute approximate surface area is 191 Å². The zero-order valence-corrected chi connectivity index (χ0v) is 19.9. The first-order valence-electron chi connectivity index (χ1n) is 7.89. The van der Waals surface area contributed by atoms with Crippen molar-refractivity contribution in [1.82, 2.24) is 0 Å². The van der Waals surface area contributed by atoms with Crippen molar-refractivity contribution in [2.24, 2.45) is 10.2 Å². The largest absolute Gasteiger partial charge is 1.00 e. The van der Waals surface area contributed by atoms with Gasteiger partial charge in [-0.15, -0.1) is 5.11 Å². The molecule has 0 amide bonds. The summed E-state index contributed by atoms with van der Waals surface area (Å²) in [5.41, 5.74) is 2.85. The fraction of sp³-hybridized carbons (Fsp3) is 0.294.